The zero-order valence-corrected chi connectivity index (χ0v) is 17.8. The first-order chi connectivity index (χ1) is 13.9. The van der Waals surface area contributed by atoms with Crippen LogP contribution in [0.25, 0.3) is 0 Å². The van der Waals surface area contributed by atoms with Gasteiger partial charge in [0.1, 0.15) is 17.3 Å². The summed E-state index contributed by atoms with van der Waals surface area (Å²) in [5, 5.41) is 0.0981. The number of hydrogen-bond acceptors (Lipinski definition) is 5. The van der Waals surface area contributed by atoms with Gasteiger partial charge in [-0.15, -0.1) is 0 Å². The lowest BCUT2D eigenvalue weighted by Crippen LogP contribution is -2.32. The number of carbonyl (C=O) groups excluding carboxylic acids is 1. The molecule has 0 bridgehead atoms. The number of rotatable bonds is 6. The molecule has 0 radical (unpaired) electrons. The van der Waals surface area contributed by atoms with Crippen molar-refractivity contribution < 1.29 is 22.7 Å². The molecule has 3 rings (SSSR count). The van der Waals surface area contributed by atoms with Gasteiger partial charge in [-0.3, -0.25) is 0 Å². The second-order valence-electron chi connectivity index (χ2n) is 6.89. The van der Waals surface area contributed by atoms with E-state index in [1.807, 2.05) is 0 Å². The highest BCUT2D eigenvalue weighted by molar-refractivity contribution is 7.89. The molecule has 0 saturated carbocycles. The van der Waals surface area contributed by atoms with E-state index in [2.05, 4.69) is 0 Å². The Morgan fingerprint density at radius 3 is 2.31 bits per heavy atom. The first-order valence-corrected chi connectivity index (χ1v) is 11.3. The van der Waals surface area contributed by atoms with Gasteiger partial charge in [-0.2, -0.15) is 4.31 Å². The molecule has 1 aliphatic rings. The van der Waals surface area contributed by atoms with E-state index in [4.69, 9.17) is 21.1 Å². The maximum Gasteiger partial charge on any atom is 0.338 e. The van der Waals surface area contributed by atoms with Gasteiger partial charge >= 0.3 is 5.97 Å². The van der Waals surface area contributed by atoms with Crippen molar-refractivity contribution in [2.24, 2.45) is 0 Å². The quantitative estimate of drug-likeness (QED) is 0.631. The second kappa shape index (κ2) is 9.61. The van der Waals surface area contributed by atoms with Crippen molar-refractivity contribution in [3.05, 3.63) is 58.6 Å². The zero-order chi connectivity index (χ0) is 20.9. The van der Waals surface area contributed by atoms with Crippen molar-refractivity contribution in [1.82, 2.24) is 4.31 Å². The molecule has 1 aliphatic heterocycles. The Kier molecular flexibility index (Phi) is 7.16. The number of benzene rings is 2. The Balaban J connectivity index is 1.75. The van der Waals surface area contributed by atoms with E-state index in [-0.39, 0.29) is 22.1 Å². The molecule has 0 amide bonds. The number of carbonyl (C=O) groups is 1. The minimum Gasteiger partial charge on any atom is -0.497 e. The number of nitrogens with zero attached hydrogens (tertiary/aromatic N) is 1. The first kappa shape index (κ1) is 21.6. The summed E-state index contributed by atoms with van der Waals surface area (Å²) in [4.78, 5) is 12.4. The van der Waals surface area contributed by atoms with E-state index in [1.165, 1.54) is 22.5 Å². The van der Waals surface area contributed by atoms with Crippen molar-refractivity contribution >= 4 is 27.6 Å². The molecule has 29 heavy (non-hydrogen) atoms. The van der Waals surface area contributed by atoms with Crippen LogP contribution in [0.5, 0.6) is 5.75 Å². The van der Waals surface area contributed by atoms with Crippen LogP contribution in [0.15, 0.2) is 47.4 Å². The van der Waals surface area contributed by atoms with Crippen LogP contribution in [-0.2, 0) is 21.4 Å². The van der Waals surface area contributed by atoms with Crippen LogP contribution in [0.3, 0.4) is 0 Å². The first-order valence-electron chi connectivity index (χ1n) is 9.51. The molecular formula is C21H24ClNO5S. The number of ether oxygens (including phenoxy) is 2. The molecule has 2 aromatic rings. The van der Waals surface area contributed by atoms with E-state index in [0.29, 0.717) is 18.8 Å². The van der Waals surface area contributed by atoms with Crippen LogP contribution in [0, 0.1) is 0 Å². The van der Waals surface area contributed by atoms with Gasteiger partial charge in [-0.1, -0.05) is 36.6 Å². The molecule has 0 aliphatic carbocycles. The molecule has 0 spiro atoms. The number of methoxy groups -OCH3 is 1. The average Bonchev–Trinajstić information content (AvgIpc) is 3.03. The molecule has 156 valence electrons. The van der Waals surface area contributed by atoms with Crippen LogP contribution in [-0.4, -0.2) is 38.9 Å². The van der Waals surface area contributed by atoms with Crippen LogP contribution >= 0.6 is 11.6 Å². The fourth-order valence-corrected chi connectivity index (χ4v) is 5.22. The third kappa shape index (κ3) is 5.29. The molecule has 6 nitrogen and oxygen atoms in total. The molecule has 0 atom stereocenters. The predicted octanol–water partition coefficient (Wildman–Crippen LogP) is 4.27. The van der Waals surface area contributed by atoms with Crippen molar-refractivity contribution in [2.45, 2.75) is 37.2 Å². The number of esters is 1. The number of sulfonamides is 1. The summed E-state index contributed by atoms with van der Waals surface area (Å²) in [6, 6.07) is 11.3. The molecule has 1 saturated heterocycles. The summed E-state index contributed by atoms with van der Waals surface area (Å²) in [5.41, 5.74) is 0.946. The third-order valence-corrected chi connectivity index (χ3v) is 7.26. The lowest BCUT2D eigenvalue weighted by molar-refractivity contribution is 0.0472. The number of halogens is 1. The molecule has 8 heteroatoms. The fourth-order valence-electron chi connectivity index (χ4n) is 3.20. The van der Waals surface area contributed by atoms with E-state index >= 15 is 0 Å². The molecule has 0 aromatic heterocycles. The lowest BCUT2D eigenvalue weighted by atomic mass is 10.2. The Morgan fingerprint density at radius 2 is 1.69 bits per heavy atom. The molecule has 1 heterocycles. The maximum atomic E-state index is 13.1. The van der Waals surface area contributed by atoms with Gasteiger partial charge < -0.3 is 9.47 Å². The van der Waals surface area contributed by atoms with Gasteiger partial charge in [0.05, 0.1) is 17.7 Å². The Bertz CT molecular complexity index is 952. The standard InChI is InChI=1S/C21H24ClNO5S/c1-27-18-9-6-16(7-10-18)15-28-21(24)17-8-11-19(22)20(14-17)29(25,26)23-12-4-2-3-5-13-23/h6-11,14H,2-5,12-13,15H2,1H3. The van der Waals surface area contributed by atoms with Crippen LogP contribution in [0.1, 0.15) is 41.6 Å². The van der Waals surface area contributed by atoms with Crippen molar-refractivity contribution in [3.63, 3.8) is 0 Å². The summed E-state index contributed by atoms with van der Waals surface area (Å²) >= 11 is 6.18. The highest BCUT2D eigenvalue weighted by Crippen LogP contribution is 2.28. The molecule has 0 unspecified atom stereocenters. The van der Waals surface area contributed by atoms with Gasteiger partial charge in [0.2, 0.25) is 10.0 Å². The van der Waals surface area contributed by atoms with E-state index in [9.17, 15) is 13.2 Å². The minimum atomic E-state index is -3.77. The van der Waals surface area contributed by atoms with Gasteiger partial charge in [0.15, 0.2) is 0 Å². The van der Waals surface area contributed by atoms with Gasteiger partial charge in [-0.25, -0.2) is 13.2 Å². The minimum absolute atomic E-state index is 0.0556. The highest BCUT2D eigenvalue weighted by atomic mass is 35.5. The van der Waals surface area contributed by atoms with Crippen molar-refractivity contribution in [3.8, 4) is 5.75 Å². The topological polar surface area (TPSA) is 72.9 Å². The van der Waals surface area contributed by atoms with Gasteiger partial charge in [0, 0.05) is 13.1 Å². The smallest absolute Gasteiger partial charge is 0.338 e. The fraction of sp³-hybridized carbons (Fsp3) is 0.381. The Morgan fingerprint density at radius 1 is 1.03 bits per heavy atom. The molecule has 0 N–H and O–H groups in total. The summed E-state index contributed by atoms with van der Waals surface area (Å²) in [7, 11) is -2.19. The van der Waals surface area contributed by atoms with E-state index in [0.717, 1.165) is 31.2 Å². The molecule has 2 aromatic carbocycles. The van der Waals surface area contributed by atoms with E-state index < -0.39 is 16.0 Å². The average molecular weight is 438 g/mol. The summed E-state index contributed by atoms with van der Waals surface area (Å²) < 4.78 is 38.0. The highest BCUT2D eigenvalue weighted by Gasteiger charge is 2.28. The normalized spacial score (nSPS) is 15.5. The summed E-state index contributed by atoms with van der Waals surface area (Å²) in [6.07, 6.45) is 3.66. The van der Waals surface area contributed by atoms with E-state index in [1.54, 1.807) is 31.4 Å². The third-order valence-electron chi connectivity index (χ3n) is 4.88. The molecule has 1 fully saturated rings. The zero-order valence-electron chi connectivity index (χ0n) is 16.3. The monoisotopic (exact) mass is 437 g/mol. The predicted molar refractivity (Wildman–Crippen MR) is 111 cm³/mol. The SMILES string of the molecule is COc1ccc(COC(=O)c2ccc(Cl)c(S(=O)(=O)N3CCCCCC3)c2)cc1. The molecular weight excluding hydrogens is 414 g/mol. The lowest BCUT2D eigenvalue weighted by Gasteiger charge is -2.21. The Hall–Kier alpha value is -2.09. The van der Waals surface area contributed by atoms with Crippen LogP contribution < -0.4 is 4.74 Å². The maximum absolute atomic E-state index is 13.1. The number of hydrogen-bond donors (Lipinski definition) is 0. The summed E-state index contributed by atoms with van der Waals surface area (Å²) in [6.45, 7) is 0.995. The van der Waals surface area contributed by atoms with Gasteiger partial charge in [-0.05, 0) is 48.7 Å². The van der Waals surface area contributed by atoms with Crippen molar-refractivity contribution in [1.29, 1.82) is 0 Å². The largest absolute Gasteiger partial charge is 0.497 e. The summed E-state index contributed by atoms with van der Waals surface area (Å²) in [5.74, 6) is 0.103. The van der Waals surface area contributed by atoms with Crippen LogP contribution in [0.2, 0.25) is 5.02 Å². The van der Waals surface area contributed by atoms with Crippen molar-refractivity contribution in [2.75, 3.05) is 20.2 Å². The Labute approximate surface area is 176 Å². The second-order valence-corrected chi connectivity index (χ2v) is 9.20. The van der Waals surface area contributed by atoms with Crippen LogP contribution in [0.4, 0.5) is 0 Å². The van der Waals surface area contributed by atoms with Gasteiger partial charge in [0.25, 0.3) is 0 Å².